The zero-order valence-corrected chi connectivity index (χ0v) is 20.5. The number of nitrogens with zero attached hydrogens (tertiary/aromatic N) is 1. The number of ether oxygens (including phenoxy) is 1. The van der Waals surface area contributed by atoms with E-state index >= 15 is 0 Å². The van der Waals surface area contributed by atoms with Crippen LogP contribution in [0.4, 0.5) is 5.69 Å². The monoisotopic (exact) mass is 477 g/mol. The summed E-state index contributed by atoms with van der Waals surface area (Å²) in [5.74, 6) is 3.37. The predicted molar refractivity (Wildman–Crippen MR) is 136 cm³/mol. The normalized spacial score (nSPS) is 34.9. The Balaban J connectivity index is 1.34. The second-order valence-corrected chi connectivity index (χ2v) is 11.8. The SMILES string of the molecule is CSNc1ccc(OC23CC4CC5C(CO)C(C2)C5(C4)C3)c(-c2cn(C)c(=O)c3[nH]ccc23)c1. The van der Waals surface area contributed by atoms with Crippen molar-refractivity contribution in [3.05, 3.63) is 47.0 Å². The van der Waals surface area contributed by atoms with E-state index in [1.165, 1.54) is 12.8 Å². The lowest BCUT2D eigenvalue weighted by atomic mass is 9.49. The first-order valence-corrected chi connectivity index (χ1v) is 13.6. The maximum atomic E-state index is 12.7. The van der Waals surface area contributed by atoms with Crippen molar-refractivity contribution in [3.8, 4) is 16.9 Å². The lowest BCUT2D eigenvalue weighted by Gasteiger charge is -2.55. The van der Waals surface area contributed by atoms with Crippen LogP contribution in [-0.4, -0.2) is 33.1 Å². The van der Waals surface area contributed by atoms with Crippen molar-refractivity contribution in [2.24, 2.45) is 36.1 Å². The van der Waals surface area contributed by atoms with Gasteiger partial charge in [-0.3, -0.25) is 4.79 Å². The second kappa shape index (κ2) is 7.08. The third-order valence-electron chi connectivity index (χ3n) is 9.59. The highest BCUT2D eigenvalue weighted by molar-refractivity contribution is 7.99. The summed E-state index contributed by atoms with van der Waals surface area (Å²) in [6.07, 6.45) is 11.7. The fourth-order valence-corrected chi connectivity index (χ4v) is 9.04. The third kappa shape index (κ3) is 2.65. The second-order valence-electron chi connectivity index (χ2n) is 11.2. The molecule has 4 fully saturated rings. The standard InChI is InChI=1S/C27H31N3O3S/c1-30-12-19(17-5-6-28-24(17)25(30)32)18-8-16(29-34-2)3-4-23(18)33-26-9-15-7-21-20(13-31)22(11-26)27(21,10-15)14-26/h3-6,8,12,15,20-22,28-29,31H,7,9-11,13-14H2,1-2H3. The Morgan fingerprint density at radius 3 is 2.94 bits per heavy atom. The Morgan fingerprint density at radius 1 is 1.24 bits per heavy atom. The molecular weight excluding hydrogens is 446 g/mol. The molecular formula is C27H31N3O3S. The number of benzene rings is 1. The van der Waals surface area contributed by atoms with E-state index < -0.39 is 0 Å². The highest BCUT2D eigenvalue weighted by Crippen LogP contribution is 2.78. The van der Waals surface area contributed by atoms with Gasteiger partial charge < -0.3 is 24.1 Å². The molecule has 0 amide bonds. The molecule has 3 bridgehead atoms. The van der Waals surface area contributed by atoms with Gasteiger partial charge in [0.05, 0.1) is 0 Å². The third-order valence-corrected chi connectivity index (χ3v) is 10.0. The van der Waals surface area contributed by atoms with E-state index in [-0.39, 0.29) is 11.2 Å². The molecule has 0 radical (unpaired) electrons. The molecule has 6 atom stereocenters. The van der Waals surface area contributed by atoms with Gasteiger partial charge in [0, 0.05) is 54.5 Å². The van der Waals surface area contributed by atoms with Gasteiger partial charge in [0.1, 0.15) is 16.9 Å². The quantitative estimate of drug-likeness (QED) is 0.445. The molecule has 4 aliphatic carbocycles. The molecule has 4 saturated carbocycles. The fourth-order valence-electron chi connectivity index (χ4n) is 8.68. The van der Waals surface area contributed by atoms with Gasteiger partial charge in [-0.15, -0.1) is 0 Å². The molecule has 7 rings (SSSR count). The number of pyridine rings is 1. The zero-order valence-electron chi connectivity index (χ0n) is 19.6. The summed E-state index contributed by atoms with van der Waals surface area (Å²) in [6.45, 7) is 0.323. The molecule has 7 heteroatoms. The maximum Gasteiger partial charge on any atom is 0.274 e. The smallest absolute Gasteiger partial charge is 0.274 e. The summed E-state index contributed by atoms with van der Waals surface area (Å²) in [4.78, 5) is 15.8. The number of aromatic nitrogens is 2. The zero-order chi connectivity index (χ0) is 23.2. The number of aliphatic hydroxyl groups excluding tert-OH is 1. The first-order valence-electron chi connectivity index (χ1n) is 12.4. The molecule has 2 aromatic heterocycles. The molecule has 178 valence electrons. The molecule has 4 aliphatic rings. The van der Waals surface area contributed by atoms with Crippen molar-refractivity contribution >= 4 is 28.5 Å². The van der Waals surface area contributed by atoms with E-state index in [2.05, 4.69) is 27.9 Å². The molecule has 34 heavy (non-hydrogen) atoms. The van der Waals surface area contributed by atoms with Crippen molar-refractivity contribution in [3.63, 3.8) is 0 Å². The summed E-state index contributed by atoms with van der Waals surface area (Å²) in [6, 6.07) is 8.31. The van der Waals surface area contributed by atoms with Gasteiger partial charge in [-0.05, 0) is 85.5 Å². The molecule has 0 saturated heterocycles. The van der Waals surface area contributed by atoms with Gasteiger partial charge in [0.2, 0.25) is 0 Å². The van der Waals surface area contributed by atoms with Crippen molar-refractivity contribution in [2.45, 2.75) is 37.7 Å². The van der Waals surface area contributed by atoms with Crippen LogP contribution >= 0.6 is 11.9 Å². The Kier molecular flexibility index (Phi) is 4.36. The molecule has 1 spiro atoms. The van der Waals surface area contributed by atoms with E-state index in [0.29, 0.717) is 35.3 Å². The van der Waals surface area contributed by atoms with Gasteiger partial charge in [-0.2, -0.15) is 0 Å². The van der Waals surface area contributed by atoms with E-state index in [0.717, 1.165) is 53.1 Å². The number of aliphatic hydroxyl groups is 1. The molecule has 1 aromatic carbocycles. The largest absolute Gasteiger partial charge is 0.487 e. The van der Waals surface area contributed by atoms with Crippen LogP contribution in [0.15, 0.2) is 41.5 Å². The van der Waals surface area contributed by atoms with Crippen molar-refractivity contribution in [2.75, 3.05) is 17.6 Å². The van der Waals surface area contributed by atoms with Crippen LogP contribution in [0, 0.1) is 29.1 Å². The van der Waals surface area contributed by atoms with Gasteiger partial charge in [0.25, 0.3) is 5.56 Å². The van der Waals surface area contributed by atoms with Crippen LogP contribution in [0.25, 0.3) is 22.0 Å². The first-order chi connectivity index (χ1) is 16.5. The molecule has 3 aromatic rings. The summed E-state index contributed by atoms with van der Waals surface area (Å²) in [5.41, 5.74) is 3.87. The Bertz CT molecular complexity index is 1360. The first kappa shape index (κ1) is 20.9. The van der Waals surface area contributed by atoms with E-state index in [9.17, 15) is 9.90 Å². The minimum atomic E-state index is -0.145. The van der Waals surface area contributed by atoms with Crippen LogP contribution in [0.1, 0.15) is 32.1 Å². The van der Waals surface area contributed by atoms with Crippen LogP contribution in [0.3, 0.4) is 0 Å². The highest BCUT2D eigenvalue weighted by atomic mass is 32.2. The maximum absolute atomic E-state index is 12.7. The number of nitrogens with one attached hydrogen (secondary N) is 2. The van der Waals surface area contributed by atoms with Crippen molar-refractivity contribution in [1.29, 1.82) is 0 Å². The number of H-pyrrole nitrogens is 1. The molecule has 6 unspecified atom stereocenters. The summed E-state index contributed by atoms with van der Waals surface area (Å²) >= 11 is 1.56. The number of aromatic amines is 1. The average Bonchev–Trinajstić information content (AvgIpc) is 3.44. The average molecular weight is 478 g/mol. The minimum Gasteiger partial charge on any atom is -0.487 e. The lowest BCUT2D eigenvalue weighted by Crippen LogP contribution is -2.52. The van der Waals surface area contributed by atoms with Crippen LogP contribution < -0.4 is 15.0 Å². The van der Waals surface area contributed by atoms with E-state index in [1.807, 2.05) is 24.7 Å². The summed E-state index contributed by atoms with van der Waals surface area (Å²) < 4.78 is 12.1. The Morgan fingerprint density at radius 2 is 2.12 bits per heavy atom. The molecule has 3 N–H and O–H groups in total. The van der Waals surface area contributed by atoms with Gasteiger partial charge >= 0.3 is 0 Å². The lowest BCUT2D eigenvalue weighted by molar-refractivity contribution is -0.101. The topological polar surface area (TPSA) is 79.3 Å². The van der Waals surface area contributed by atoms with Gasteiger partial charge in [0.15, 0.2) is 0 Å². The summed E-state index contributed by atoms with van der Waals surface area (Å²) in [7, 11) is 1.80. The number of aryl methyl sites for hydroxylation is 1. The summed E-state index contributed by atoms with van der Waals surface area (Å²) in [5, 5.41) is 11.0. The fraction of sp³-hybridized carbons (Fsp3) is 0.519. The van der Waals surface area contributed by atoms with E-state index in [1.54, 1.807) is 23.6 Å². The number of anilines is 1. The van der Waals surface area contributed by atoms with Gasteiger partial charge in [-0.25, -0.2) is 0 Å². The minimum absolute atomic E-state index is 0.0281. The van der Waals surface area contributed by atoms with Crippen LogP contribution in [0.2, 0.25) is 0 Å². The highest BCUT2D eigenvalue weighted by Gasteiger charge is 2.75. The van der Waals surface area contributed by atoms with E-state index in [4.69, 9.17) is 4.74 Å². The number of rotatable bonds is 6. The number of fused-ring (bicyclic) bond motifs is 3. The predicted octanol–water partition coefficient (Wildman–Crippen LogP) is 4.79. The number of hydrogen-bond acceptors (Lipinski definition) is 5. The molecule has 0 aliphatic heterocycles. The molecule has 2 heterocycles. The Hall–Kier alpha value is -2.38. The van der Waals surface area contributed by atoms with Gasteiger partial charge in [-0.1, -0.05) is 11.9 Å². The van der Waals surface area contributed by atoms with Crippen molar-refractivity contribution in [1.82, 2.24) is 9.55 Å². The Labute approximate surface area is 203 Å². The van der Waals surface area contributed by atoms with Crippen LogP contribution in [0.5, 0.6) is 5.75 Å². The number of hydrogen-bond donors (Lipinski definition) is 3. The molecule has 6 nitrogen and oxygen atoms in total. The van der Waals surface area contributed by atoms with Crippen molar-refractivity contribution < 1.29 is 9.84 Å². The van der Waals surface area contributed by atoms with Crippen LogP contribution in [-0.2, 0) is 7.05 Å².